The summed E-state index contributed by atoms with van der Waals surface area (Å²) in [6, 6.07) is 16.1. The summed E-state index contributed by atoms with van der Waals surface area (Å²) >= 11 is 0. The maximum Gasteiger partial charge on any atom is 0.404 e. The Kier molecular flexibility index (Phi) is 9.11. The molecule has 1 saturated carbocycles. The fraction of sp³-hybridized carbons (Fsp3) is 0.452. The molecule has 2 aromatic carbocycles. The van der Waals surface area contributed by atoms with Crippen LogP contribution in [0.1, 0.15) is 54.4 Å². The van der Waals surface area contributed by atoms with Crippen LogP contribution in [0.3, 0.4) is 0 Å². The fourth-order valence-electron chi connectivity index (χ4n) is 5.76. The van der Waals surface area contributed by atoms with E-state index >= 15 is 0 Å². The Balaban J connectivity index is 1.17. The maximum absolute atomic E-state index is 13.4. The molecule has 0 atom stereocenters. The number of benzene rings is 2. The number of rotatable bonds is 9. The van der Waals surface area contributed by atoms with E-state index in [1.54, 1.807) is 12.1 Å². The van der Waals surface area contributed by atoms with Crippen LogP contribution in [-0.2, 0) is 11.3 Å². The van der Waals surface area contributed by atoms with E-state index < -0.39 is 6.09 Å². The molecule has 1 saturated heterocycles. The molecule has 8 nitrogen and oxygen atoms in total. The molecule has 1 aliphatic heterocycles. The van der Waals surface area contributed by atoms with Crippen molar-refractivity contribution in [2.24, 2.45) is 11.8 Å². The third kappa shape index (κ3) is 7.27. The van der Waals surface area contributed by atoms with Crippen LogP contribution in [0.4, 0.5) is 15.0 Å². The number of carbonyl (C=O) groups excluding carboxylic acids is 1. The molecule has 1 aromatic heterocycles. The van der Waals surface area contributed by atoms with Crippen molar-refractivity contribution in [1.82, 2.24) is 15.6 Å². The average molecular weight is 549 g/mol. The van der Waals surface area contributed by atoms with Crippen molar-refractivity contribution in [2.45, 2.75) is 51.2 Å². The summed E-state index contributed by atoms with van der Waals surface area (Å²) in [6.45, 7) is 3.13. The average Bonchev–Trinajstić information content (AvgIpc) is 2.98. The van der Waals surface area contributed by atoms with Gasteiger partial charge in [0.05, 0.1) is 23.8 Å². The lowest BCUT2D eigenvalue weighted by molar-refractivity contribution is 0.0250. The van der Waals surface area contributed by atoms with Gasteiger partial charge in [-0.25, -0.2) is 14.2 Å². The predicted molar refractivity (Wildman–Crippen MR) is 152 cm³/mol. The first-order valence-electron chi connectivity index (χ1n) is 14.2. The minimum atomic E-state index is -0.974. The molecular weight excluding hydrogens is 511 g/mol. The summed E-state index contributed by atoms with van der Waals surface area (Å²) in [7, 11) is 0. The topological polar surface area (TPSA) is 104 Å². The van der Waals surface area contributed by atoms with Crippen LogP contribution in [0.25, 0.3) is 10.9 Å². The van der Waals surface area contributed by atoms with Crippen LogP contribution in [0, 0.1) is 17.7 Å². The number of nitrogens with zero attached hydrogens (tertiary/aromatic N) is 2. The summed E-state index contributed by atoms with van der Waals surface area (Å²) < 4.78 is 19.2. The second-order valence-electron chi connectivity index (χ2n) is 11.0. The van der Waals surface area contributed by atoms with E-state index in [2.05, 4.69) is 15.5 Å². The second kappa shape index (κ2) is 13.1. The zero-order valence-corrected chi connectivity index (χ0v) is 22.7. The number of hydrogen-bond donors (Lipinski definition) is 3. The number of fused-ring (bicyclic) bond motifs is 1. The van der Waals surface area contributed by atoms with Gasteiger partial charge in [-0.2, -0.15) is 0 Å². The highest BCUT2D eigenvalue weighted by atomic mass is 19.1. The molecule has 5 rings (SSSR count). The number of carbonyl (C=O) groups is 2. The van der Waals surface area contributed by atoms with E-state index in [0.29, 0.717) is 37.1 Å². The van der Waals surface area contributed by atoms with Gasteiger partial charge >= 0.3 is 6.09 Å². The Morgan fingerprint density at radius 2 is 1.57 bits per heavy atom. The molecule has 0 spiro atoms. The molecule has 40 heavy (non-hydrogen) atoms. The van der Waals surface area contributed by atoms with Gasteiger partial charge in [-0.3, -0.25) is 4.79 Å². The number of hydrogen-bond acceptors (Lipinski definition) is 5. The van der Waals surface area contributed by atoms with Gasteiger partial charge < -0.3 is 25.4 Å². The molecule has 0 unspecified atom stereocenters. The molecular formula is C31H37FN4O4. The molecule has 0 bridgehead atoms. The number of nitrogens with one attached hydrogen (secondary N) is 2. The first-order valence-corrected chi connectivity index (χ1v) is 14.2. The van der Waals surface area contributed by atoms with Gasteiger partial charge in [-0.1, -0.05) is 30.3 Å². The van der Waals surface area contributed by atoms with Gasteiger partial charge in [0.15, 0.2) is 0 Å². The Hall–Kier alpha value is -3.72. The number of para-hydroxylation sites is 1. The standard InChI is InChI=1S/C31H37FN4O4/c32-24-11-9-23(10-12-24)20-40-25-13-15-36(16-14-25)29-17-27(26-3-1-2-4-28(26)35-29)30(37)33-18-21-5-7-22(8-6-21)19-34-31(38)39/h1-4,9-12,17,21-22,25,34H,5-8,13-16,18-20H2,(H,33,37)(H,38,39). The molecule has 2 fully saturated rings. The Morgan fingerprint density at radius 1 is 0.925 bits per heavy atom. The van der Waals surface area contributed by atoms with E-state index in [9.17, 15) is 14.0 Å². The highest BCUT2D eigenvalue weighted by Gasteiger charge is 2.25. The smallest absolute Gasteiger partial charge is 0.404 e. The first kappa shape index (κ1) is 27.8. The van der Waals surface area contributed by atoms with Crippen molar-refractivity contribution >= 4 is 28.7 Å². The molecule has 0 radical (unpaired) electrons. The van der Waals surface area contributed by atoms with Crippen LogP contribution in [0.5, 0.6) is 0 Å². The van der Waals surface area contributed by atoms with E-state index in [1.807, 2.05) is 30.3 Å². The van der Waals surface area contributed by atoms with Gasteiger partial charge in [-0.15, -0.1) is 0 Å². The van der Waals surface area contributed by atoms with Crippen molar-refractivity contribution in [2.75, 3.05) is 31.1 Å². The highest BCUT2D eigenvalue weighted by molar-refractivity contribution is 6.07. The molecule has 9 heteroatoms. The van der Waals surface area contributed by atoms with Crippen molar-refractivity contribution in [3.8, 4) is 0 Å². The quantitative estimate of drug-likeness (QED) is 0.333. The van der Waals surface area contributed by atoms with Crippen LogP contribution in [0.2, 0.25) is 0 Å². The van der Waals surface area contributed by atoms with Gasteiger partial charge in [0.2, 0.25) is 0 Å². The van der Waals surface area contributed by atoms with Gasteiger partial charge in [0, 0.05) is 31.6 Å². The fourth-order valence-corrected chi connectivity index (χ4v) is 5.76. The number of halogens is 1. The monoisotopic (exact) mass is 548 g/mol. The number of piperidine rings is 1. The lowest BCUT2D eigenvalue weighted by Gasteiger charge is -2.33. The van der Waals surface area contributed by atoms with Crippen molar-refractivity contribution in [1.29, 1.82) is 0 Å². The van der Waals surface area contributed by atoms with Crippen LogP contribution in [0.15, 0.2) is 54.6 Å². The van der Waals surface area contributed by atoms with E-state index in [0.717, 1.165) is 73.9 Å². The van der Waals surface area contributed by atoms with E-state index in [1.165, 1.54) is 12.1 Å². The summed E-state index contributed by atoms with van der Waals surface area (Å²) in [5.41, 5.74) is 2.39. The minimum absolute atomic E-state index is 0.0907. The minimum Gasteiger partial charge on any atom is -0.465 e. The Labute approximate surface area is 233 Å². The number of anilines is 1. The SMILES string of the molecule is O=C(O)NCC1CCC(CNC(=O)c2cc(N3CCC(OCc4ccc(F)cc4)CC3)nc3ccccc23)CC1. The van der Waals surface area contributed by atoms with Crippen LogP contribution in [-0.4, -0.2) is 54.4 Å². The summed E-state index contributed by atoms with van der Waals surface area (Å²) in [6.07, 6.45) is 4.74. The van der Waals surface area contributed by atoms with Gasteiger partial charge in [0.1, 0.15) is 11.6 Å². The molecule has 1 aliphatic carbocycles. The van der Waals surface area contributed by atoms with Crippen molar-refractivity contribution in [3.05, 3.63) is 71.5 Å². The second-order valence-corrected chi connectivity index (χ2v) is 11.0. The number of carboxylic acid groups (broad SMARTS) is 1. The number of amides is 2. The predicted octanol–water partition coefficient (Wildman–Crippen LogP) is 5.36. The zero-order chi connectivity index (χ0) is 27.9. The van der Waals surface area contributed by atoms with Crippen LogP contribution >= 0.6 is 0 Å². The molecule has 2 aliphatic rings. The van der Waals surface area contributed by atoms with Crippen molar-refractivity contribution in [3.63, 3.8) is 0 Å². The zero-order valence-electron chi connectivity index (χ0n) is 22.7. The summed E-state index contributed by atoms with van der Waals surface area (Å²) in [4.78, 5) is 31.2. The Morgan fingerprint density at radius 3 is 2.25 bits per heavy atom. The van der Waals surface area contributed by atoms with Crippen molar-refractivity contribution < 1.29 is 23.8 Å². The normalized spacial score (nSPS) is 19.9. The largest absolute Gasteiger partial charge is 0.465 e. The molecule has 2 heterocycles. The van der Waals surface area contributed by atoms with E-state index in [4.69, 9.17) is 14.8 Å². The summed E-state index contributed by atoms with van der Waals surface area (Å²) in [5, 5.41) is 15.3. The molecule has 3 N–H and O–H groups in total. The molecule has 2 amide bonds. The lowest BCUT2D eigenvalue weighted by atomic mass is 9.82. The highest BCUT2D eigenvalue weighted by Crippen LogP contribution is 2.29. The summed E-state index contributed by atoms with van der Waals surface area (Å²) in [5.74, 6) is 1.22. The molecule has 212 valence electrons. The van der Waals surface area contributed by atoms with Crippen LogP contribution < -0.4 is 15.5 Å². The van der Waals surface area contributed by atoms with Gasteiger partial charge in [0.25, 0.3) is 5.91 Å². The number of ether oxygens (including phenoxy) is 1. The first-order chi connectivity index (χ1) is 19.4. The van der Waals surface area contributed by atoms with E-state index in [-0.39, 0.29) is 17.8 Å². The Bertz CT molecular complexity index is 1300. The maximum atomic E-state index is 13.4. The number of aromatic nitrogens is 1. The molecule has 3 aromatic rings. The third-order valence-electron chi connectivity index (χ3n) is 8.17. The third-order valence-corrected chi connectivity index (χ3v) is 8.17. The number of pyridine rings is 1. The van der Waals surface area contributed by atoms with Gasteiger partial charge in [-0.05, 0) is 80.2 Å². The lowest BCUT2D eigenvalue weighted by Crippen LogP contribution is -2.38.